The van der Waals surface area contributed by atoms with Crippen LogP contribution in [0.5, 0.6) is 17.4 Å². The largest absolute Gasteiger partial charge is 0.497 e. The molecule has 0 radical (unpaired) electrons. The molecular formula is C15H15NO4. The second kappa shape index (κ2) is 6.06. The number of rotatable bonds is 5. The average molecular weight is 273 g/mol. The van der Waals surface area contributed by atoms with Crippen LogP contribution in [0.25, 0.3) is 0 Å². The summed E-state index contributed by atoms with van der Waals surface area (Å²) in [6.07, 6.45) is 1.57. The van der Waals surface area contributed by atoms with E-state index in [-0.39, 0.29) is 11.7 Å². The summed E-state index contributed by atoms with van der Waals surface area (Å²) in [7, 11) is 4.53. The van der Waals surface area contributed by atoms with Gasteiger partial charge in [0.25, 0.3) is 0 Å². The number of ether oxygens (including phenoxy) is 3. The maximum absolute atomic E-state index is 12.6. The van der Waals surface area contributed by atoms with Crippen LogP contribution in [0.1, 0.15) is 15.9 Å². The van der Waals surface area contributed by atoms with E-state index in [1.54, 1.807) is 43.6 Å². The van der Waals surface area contributed by atoms with Crippen molar-refractivity contribution in [2.45, 2.75) is 0 Å². The normalized spacial score (nSPS) is 9.95. The molecule has 0 unspecified atom stereocenters. The summed E-state index contributed by atoms with van der Waals surface area (Å²) in [6.45, 7) is 0. The Balaban J connectivity index is 2.52. The van der Waals surface area contributed by atoms with Crippen LogP contribution in [0.15, 0.2) is 36.5 Å². The van der Waals surface area contributed by atoms with E-state index in [9.17, 15) is 4.79 Å². The predicted octanol–water partition coefficient (Wildman–Crippen LogP) is 2.34. The van der Waals surface area contributed by atoms with Crippen molar-refractivity contribution in [2.24, 2.45) is 0 Å². The van der Waals surface area contributed by atoms with Crippen molar-refractivity contribution < 1.29 is 19.0 Å². The van der Waals surface area contributed by atoms with Crippen LogP contribution in [0.3, 0.4) is 0 Å². The lowest BCUT2D eigenvalue weighted by Gasteiger charge is -2.11. The van der Waals surface area contributed by atoms with Gasteiger partial charge in [-0.3, -0.25) is 4.79 Å². The molecule has 0 saturated heterocycles. The lowest BCUT2D eigenvalue weighted by Crippen LogP contribution is -2.07. The first-order valence-corrected chi connectivity index (χ1v) is 5.97. The molecular weight excluding hydrogens is 258 g/mol. The molecule has 1 aromatic carbocycles. The third kappa shape index (κ3) is 2.56. The van der Waals surface area contributed by atoms with Crippen LogP contribution in [-0.2, 0) is 0 Å². The quantitative estimate of drug-likeness (QED) is 0.783. The smallest absolute Gasteiger partial charge is 0.224 e. The fraction of sp³-hybridized carbons (Fsp3) is 0.200. The molecule has 0 saturated carbocycles. The van der Waals surface area contributed by atoms with Crippen molar-refractivity contribution >= 4 is 5.78 Å². The SMILES string of the molecule is COc1ccc(OC)c(C(=O)c2cccnc2OC)c1. The Morgan fingerprint density at radius 1 is 1.00 bits per heavy atom. The van der Waals surface area contributed by atoms with Crippen molar-refractivity contribution in [1.29, 1.82) is 0 Å². The van der Waals surface area contributed by atoms with Crippen molar-refractivity contribution in [1.82, 2.24) is 4.98 Å². The fourth-order valence-electron chi connectivity index (χ4n) is 1.86. The van der Waals surface area contributed by atoms with Gasteiger partial charge in [-0.05, 0) is 30.3 Å². The van der Waals surface area contributed by atoms with Crippen LogP contribution in [-0.4, -0.2) is 32.1 Å². The zero-order chi connectivity index (χ0) is 14.5. The van der Waals surface area contributed by atoms with E-state index in [4.69, 9.17) is 14.2 Å². The maximum Gasteiger partial charge on any atom is 0.224 e. The standard InChI is InChI=1S/C15H15NO4/c1-18-10-6-7-13(19-2)12(9-10)14(17)11-5-4-8-16-15(11)20-3/h4-9H,1-3H3. The number of carbonyl (C=O) groups excluding carboxylic acids is 1. The third-order valence-corrected chi connectivity index (χ3v) is 2.86. The molecule has 0 aliphatic heterocycles. The van der Waals surface area contributed by atoms with Crippen LogP contribution in [0.4, 0.5) is 0 Å². The molecule has 104 valence electrons. The fourth-order valence-corrected chi connectivity index (χ4v) is 1.86. The summed E-state index contributed by atoms with van der Waals surface area (Å²) in [4.78, 5) is 16.6. The molecule has 2 aromatic rings. The molecule has 2 rings (SSSR count). The average Bonchev–Trinajstić information content (AvgIpc) is 2.53. The number of pyridine rings is 1. The molecule has 20 heavy (non-hydrogen) atoms. The van der Waals surface area contributed by atoms with E-state index in [2.05, 4.69) is 4.98 Å². The van der Waals surface area contributed by atoms with E-state index in [1.807, 2.05) is 0 Å². The number of carbonyl (C=O) groups is 1. The van der Waals surface area contributed by atoms with Gasteiger partial charge in [0.2, 0.25) is 11.7 Å². The second-order valence-electron chi connectivity index (χ2n) is 3.96. The molecule has 1 heterocycles. The van der Waals surface area contributed by atoms with Gasteiger partial charge in [-0.25, -0.2) is 4.98 Å². The van der Waals surface area contributed by atoms with Crippen LogP contribution < -0.4 is 14.2 Å². The topological polar surface area (TPSA) is 57.7 Å². The summed E-state index contributed by atoms with van der Waals surface area (Å²) in [5, 5.41) is 0. The first-order valence-electron chi connectivity index (χ1n) is 5.97. The van der Waals surface area contributed by atoms with E-state index >= 15 is 0 Å². The summed E-state index contributed by atoms with van der Waals surface area (Å²) in [5.41, 5.74) is 0.778. The van der Waals surface area contributed by atoms with Gasteiger partial charge in [-0.1, -0.05) is 0 Å². The van der Waals surface area contributed by atoms with Crippen molar-refractivity contribution in [3.8, 4) is 17.4 Å². The Hall–Kier alpha value is -2.56. The molecule has 5 nitrogen and oxygen atoms in total. The van der Waals surface area contributed by atoms with Crippen LogP contribution in [0, 0.1) is 0 Å². The minimum atomic E-state index is -0.231. The van der Waals surface area contributed by atoms with Gasteiger partial charge in [0.1, 0.15) is 11.5 Å². The van der Waals surface area contributed by atoms with Gasteiger partial charge in [-0.15, -0.1) is 0 Å². The summed E-state index contributed by atoms with van der Waals surface area (Å²) in [5.74, 6) is 1.10. The first-order chi connectivity index (χ1) is 9.71. The Kier molecular flexibility index (Phi) is 4.20. The maximum atomic E-state index is 12.6. The van der Waals surface area contributed by atoms with Gasteiger partial charge < -0.3 is 14.2 Å². The highest BCUT2D eigenvalue weighted by molar-refractivity contribution is 6.12. The van der Waals surface area contributed by atoms with Crippen molar-refractivity contribution in [3.05, 3.63) is 47.7 Å². The zero-order valence-electron chi connectivity index (χ0n) is 11.5. The van der Waals surface area contributed by atoms with Gasteiger partial charge >= 0.3 is 0 Å². The summed E-state index contributed by atoms with van der Waals surface area (Å²) in [6, 6.07) is 8.40. The van der Waals surface area contributed by atoms with E-state index in [1.165, 1.54) is 14.2 Å². The molecule has 1 aromatic heterocycles. The monoisotopic (exact) mass is 273 g/mol. The lowest BCUT2D eigenvalue weighted by molar-refractivity contribution is 0.103. The number of ketones is 1. The zero-order valence-corrected chi connectivity index (χ0v) is 11.5. The predicted molar refractivity (Wildman–Crippen MR) is 73.8 cm³/mol. The van der Waals surface area contributed by atoms with Gasteiger partial charge in [0.05, 0.1) is 32.5 Å². The number of hydrogen-bond donors (Lipinski definition) is 0. The summed E-state index contributed by atoms with van der Waals surface area (Å²) < 4.78 is 15.5. The molecule has 0 atom stereocenters. The highest BCUT2D eigenvalue weighted by Gasteiger charge is 2.19. The number of nitrogens with zero attached hydrogens (tertiary/aromatic N) is 1. The van der Waals surface area contributed by atoms with Crippen molar-refractivity contribution in [2.75, 3.05) is 21.3 Å². The minimum Gasteiger partial charge on any atom is -0.497 e. The Labute approximate surface area is 117 Å². The Morgan fingerprint density at radius 3 is 2.45 bits per heavy atom. The van der Waals surface area contributed by atoms with Gasteiger partial charge in [-0.2, -0.15) is 0 Å². The summed E-state index contributed by atoms with van der Waals surface area (Å²) >= 11 is 0. The first kappa shape index (κ1) is 13.9. The van der Waals surface area contributed by atoms with E-state index in [0.29, 0.717) is 22.6 Å². The number of benzene rings is 1. The van der Waals surface area contributed by atoms with E-state index in [0.717, 1.165) is 0 Å². The molecule has 0 spiro atoms. The third-order valence-electron chi connectivity index (χ3n) is 2.86. The molecule has 0 amide bonds. The van der Waals surface area contributed by atoms with Crippen LogP contribution >= 0.6 is 0 Å². The minimum absolute atomic E-state index is 0.231. The number of hydrogen-bond acceptors (Lipinski definition) is 5. The lowest BCUT2D eigenvalue weighted by atomic mass is 10.0. The Bertz CT molecular complexity index is 625. The van der Waals surface area contributed by atoms with Crippen molar-refractivity contribution in [3.63, 3.8) is 0 Å². The Morgan fingerprint density at radius 2 is 1.80 bits per heavy atom. The van der Waals surface area contributed by atoms with Crippen LogP contribution in [0.2, 0.25) is 0 Å². The number of methoxy groups -OCH3 is 3. The molecule has 0 bridgehead atoms. The highest BCUT2D eigenvalue weighted by atomic mass is 16.5. The highest BCUT2D eigenvalue weighted by Crippen LogP contribution is 2.28. The molecule has 0 N–H and O–H groups in total. The molecule has 0 aliphatic rings. The molecule has 0 aliphatic carbocycles. The molecule has 0 fully saturated rings. The molecule has 5 heteroatoms. The second-order valence-corrected chi connectivity index (χ2v) is 3.96. The number of aromatic nitrogens is 1. The van der Waals surface area contributed by atoms with Gasteiger partial charge in [0.15, 0.2) is 0 Å². The van der Waals surface area contributed by atoms with Gasteiger partial charge in [0, 0.05) is 6.20 Å². The van der Waals surface area contributed by atoms with E-state index < -0.39 is 0 Å².